The van der Waals surface area contributed by atoms with Gasteiger partial charge in [-0.25, -0.2) is 8.78 Å². The number of fused-ring (bicyclic) bond motifs is 1. The maximum Gasteiger partial charge on any atom is 0.256 e. The Morgan fingerprint density at radius 3 is 2.55 bits per heavy atom. The largest absolute Gasteiger partial charge is 0.493 e. The molecule has 0 spiro atoms. The maximum absolute atomic E-state index is 13.9. The fraction of sp³-hybridized carbons (Fsp3) is 0.364. The van der Waals surface area contributed by atoms with E-state index in [-0.39, 0.29) is 23.4 Å². The zero-order chi connectivity index (χ0) is 20.4. The Morgan fingerprint density at radius 1 is 1.03 bits per heavy atom. The van der Waals surface area contributed by atoms with Crippen LogP contribution in [0.15, 0.2) is 42.5 Å². The standard InChI is InChI=1S/C22H22F2N2O3/c23-15-5-6-16(18(24)13-15)22(28)26-10-7-14(8-11-26)21(27)25-19-9-12-29-20-4-2-1-3-17(19)20/h1-6,13-14,19H,7-12H2,(H,25,27). The molecule has 152 valence electrons. The molecule has 5 nitrogen and oxygen atoms in total. The molecular weight excluding hydrogens is 378 g/mol. The lowest BCUT2D eigenvalue weighted by molar-refractivity contribution is -0.127. The first-order chi connectivity index (χ1) is 14.0. The van der Waals surface area contributed by atoms with E-state index in [1.54, 1.807) is 0 Å². The summed E-state index contributed by atoms with van der Waals surface area (Å²) in [5, 5.41) is 3.11. The van der Waals surface area contributed by atoms with Crippen molar-refractivity contribution in [3.8, 4) is 5.75 Å². The molecule has 2 aliphatic heterocycles. The molecule has 2 aromatic carbocycles. The number of amides is 2. The number of likely N-dealkylation sites (tertiary alicyclic amines) is 1. The van der Waals surface area contributed by atoms with Gasteiger partial charge in [-0.3, -0.25) is 9.59 Å². The van der Waals surface area contributed by atoms with Crippen LogP contribution in [0.2, 0.25) is 0 Å². The summed E-state index contributed by atoms with van der Waals surface area (Å²) in [6.07, 6.45) is 1.72. The molecule has 2 amide bonds. The summed E-state index contributed by atoms with van der Waals surface area (Å²) in [5.41, 5.74) is 0.833. The van der Waals surface area contributed by atoms with Gasteiger partial charge in [-0.05, 0) is 31.0 Å². The predicted octanol–water partition coefficient (Wildman–Crippen LogP) is 3.46. The Hall–Kier alpha value is -2.96. The number of benzene rings is 2. The number of ether oxygens (including phenoxy) is 1. The first kappa shape index (κ1) is 19.4. The quantitative estimate of drug-likeness (QED) is 0.859. The van der Waals surface area contributed by atoms with Gasteiger partial charge in [0, 0.05) is 37.1 Å². The minimum Gasteiger partial charge on any atom is -0.493 e. The molecule has 2 aliphatic rings. The summed E-state index contributed by atoms with van der Waals surface area (Å²) in [7, 11) is 0. The third-order valence-corrected chi connectivity index (χ3v) is 5.59. The number of para-hydroxylation sites is 1. The lowest BCUT2D eigenvalue weighted by atomic mass is 9.93. The SMILES string of the molecule is O=C(NC1CCOc2ccccc21)C1CCN(C(=O)c2ccc(F)cc2F)CC1. The number of halogens is 2. The first-order valence-electron chi connectivity index (χ1n) is 9.79. The average Bonchev–Trinajstić information content (AvgIpc) is 2.74. The van der Waals surface area contributed by atoms with E-state index in [4.69, 9.17) is 4.74 Å². The lowest BCUT2D eigenvalue weighted by Gasteiger charge is -2.33. The van der Waals surface area contributed by atoms with Crippen molar-refractivity contribution < 1.29 is 23.1 Å². The molecule has 2 heterocycles. The van der Waals surface area contributed by atoms with E-state index in [1.807, 2.05) is 24.3 Å². The molecule has 0 aliphatic carbocycles. The van der Waals surface area contributed by atoms with Crippen LogP contribution in [0, 0.1) is 17.6 Å². The van der Waals surface area contributed by atoms with Crippen LogP contribution >= 0.6 is 0 Å². The number of carbonyl (C=O) groups is 2. The Kier molecular flexibility index (Phi) is 5.47. The van der Waals surface area contributed by atoms with Gasteiger partial charge in [0.25, 0.3) is 5.91 Å². The Morgan fingerprint density at radius 2 is 1.79 bits per heavy atom. The van der Waals surface area contributed by atoms with Crippen molar-refractivity contribution in [2.45, 2.75) is 25.3 Å². The highest BCUT2D eigenvalue weighted by Crippen LogP contribution is 2.32. The molecule has 0 saturated carbocycles. The van der Waals surface area contributed by atoms with Crippen molar-refractivity contribution >= 4 is 11.8 Å². The van der Waals surface area contributed by atoms with E-state index in [9.17, 15) is 18.4 Å². The first-order valence-corrected chi connectivity index (χ1v) is 9.79. The van der Waals surface area contributed by atoms with Crippen LogP contribution in [-0.2, 0) is 4.79 Å². The number of piperidine rings is 1. The highest BCUT2D eigenvalue weighted by atomic mass is 19.1. The van der Waals surface area contributed by atoms with E-state index in [0.717, 1.165) is 23.4 Å². The Bertz CT molecular complexity index is 926. The van der Waals surface area contributed by atoms with Gasteiger partial charge in [-0.1, -0.05) is 18.2 Å². The van der Waals surface area contributed by atoms with Gasteiger partial charge in [0.05, 0.1) is 18.2 Å². The van der Waals surface area contributed by atoms with Crippen LogP contribution < -0.4 is 10.1 Å². The molecule has 7 heteroatoms. The molecule has 29 heavy (non-hydrogen) atoms. The van der Waals surface area contributed by atoms with Crippen molar-refractivity contribution in [3.05, 3.63) is 65.2 Å². The minimum atomic E-state index is -0.868. The Labute approximate surface area is 167 Å². The van der Waals surface area contributed by atoms with Gasteiger partial charge in [-0.15, -0.1) is 0 Å². The number of rotatable bonds is 3. The number of carbonyl (C=O) groups excluding carboxylic acids is 2. The van der Waals surface area contributed by atoms with E-state index < -0.39 is 17.5 Å². The van der Waals surface area contributed by atoms with Crippen LogP contribution in [0.3, 0.4) is 0 Å². The van der Waals surface area contributed by atoms with Gasteiger partial charge >= 0.3 is 0 Å². The minimum absolute atomic E-state index is 0.0354. The van der Waals surface area contributed by atoms with Crippen molar-refractivity contribution in [3.63, 3.8) is 0 Å². The molecule has 1 saturated heterocycles. The summed E-state index contributed by atoms with van der Waals surface area (Å²) >= 11 is 0. The highest BCUT2D eigenvalue weighted by Gasteiger charge is 2.31. The molecule has 0 bridgehead atoms. The van der Waals surface area contributed by atoms with Crippen LogP contribution in [0.1, 0.15) is 41.2 Å². The second-order valence-corrected chi connectivity index (χ2v) is 7.43. The Balaban J connectivity index is 1.35. The normalized spacial score (nSPS) is 19.2. The topological polar surface area (TPSA) is 58.6 Å². The zero-order valence-corrected chi connectivity index (χ0v) is 15.9. The molecule has 1 N–H and O–H groups in total. The van der Waals surface area contributed by atoms with Crippen LogP contribution in [-0.4, -0.2) is 36.4 Å². The fourth-order valence-electron chi connectivity index (χ4n) is 3.96. The monoisotopic (exact) mass is 400 g/mol. The molecule has 1 atom stereocenters. The summed E-state index contributed by atoms with van der Waals surface area (Å²) in [4.78, 5) is 26.8. The number of nitrogens with one attached hydrogen (secondary N) is 1. The van der Waals surface area contributed by atoms with Crippen molar-refractivity contribution in [2.24, 2.45) is 5.92 Å². The smallest absolute Gasteiger partial charge is 0.256 e. The predicted molar refractivity (Wildman–Crippen MR) is 102 cm³/mol. The van der Waals surface area contributed by atoms with Gasteiger partial charge < -0.3 is 15.0 Å². The number of hydrogen-bond donors (Lipinski definition) is 1. The van der Waals surface area contributed by atoms with Gasteiger partial charge in [-0.2, -0.15) is 0 Å². The zero-order valence-electron chi connectivity index (χ0n) is 15.9. The molecule has 2 aromatic rings. The molecular formula is C22H22F2N2O3. The average molecular weight is 400 g/mol. The van der Waals surface area contributed by atoms with E-state index >= 15 is 0 Å². The summed E-state index contributed by atoms with van der Waals surface area (Å²) in [6, 6.07) is 10.5. The molecule has 0 aromatic heterocycles. The summed E-state index contributed by atoms with van der Waals surface area (Å²) in [5.74, 6) is -1.50. The van der Waals surface area contributed by atoms with Crippen LogP contribution in [0.4, 0.5) is 8.78 Å². The third-order valence-electron chi connectivity index (χ3n) is 5.59. The molecule has 1 fully saturated rings. The van der Waals surface area contributed by atoms with Crippen LogP contribution in [0.5, 0.6) is 5.75 Å². The van der Waals surface area contributed by atoms with E-state index in [1.165, 1.54) is 4.90 Å². The van der Waals surface area contributed by atoms with Crippen molar-refractivity contribution in [1.29, 1.82) is 0 Å². The van der Waals surface area contributed by atoms with Crippen molar-refractivity contribution in [1.82, 2.24) is 10.2 Å². The van der Waals surface area contributed by atoms with Gasteiger partial charge in [0.2, 0.25) is 5.91 Å². The number of hydrogen-bond acceptors (Lipinski definition) is 3. The summed E-state index contributed by atoms with van der Waals surface area (Å²) < 4.78 is 32.6. The second-order valence-electron chi connectivity index (χ2n) is 7.43. The highest BCUT2D eigenvalue weighted by molar-refractivity contribution is 5.94. The van der Waals surface area contributed by atoms with Crippen LogP contribution in [0.25, 0.3) is 0 Å². The number of nitrogens with zero attached hydrogens (tertiary/aromatic N) is 1. The van der Waals surface area contributed by atoms with E-state index in [0.29, 0.717) is 45.0 Å². The molecule has 0 radical (unpaired) electrons. The maximum atomic E-state index is 13.9. The molecule has 1 unspecified atom stereocenters. The van der Waals surface area contributed by atoms with Crippen molar-refractivity contribution in [2.75, 3.05) is 19.7 Å². The molecule has 4 rings (SSSR count). The fourth-order valence-corrected chi connectivity index (χ4v) is 3.96. The lowest BCUT2D eigenvalue weighted by Crippen LogP contribution is -2.44. The van der Waals surface area contributed by atoms with Gasteiger partial charge in [0.15, 0.2) is 0 Å². The van der Waals surface area contributed by atoms with Gasteiger partial charge in [0.1, 0.15) is 17.4 Å². The van der Waals surface area contributed by atoms with E-state index in [2.05, 4.69) is 5.32 Å². The second kappa shape index (κ2) is 8.19. The summed E-state index contributed by atoms with van der Waals surface area (Å²) in [6.45, 7) is 1.27. The third kappa shape index (κ3) is 4.09.